The van der Waals surface area contributed by atoms with E-state index in [9.17, 15) is 0 Å². The van der Waals surface area contributed by atoms with Crippen molar-refractivity contribution in [3.63, 3.8) is 0 Å². The molecule has 0 amide bonds. The first-order valence-corrected chi connectivity index (χ1v) is 5.49. The third-order valence-electron chi connectivity index (χ3n) is 3.31. The van der Waals surface area contributed by atoms with E-state index >= 15 is 0 Å². The molecule has 0 radical (unpaired) electrons. The highest BCUT2D eigenvalue weighted by atomic mass is 14.3. The van der Waals surface area contributed by atoms with Gasteiger partial charge in [0.25, 0.3) is 0 Å². The first-order chi connectivity index (χ1) is 6.13. The summed E-state index contributed by atoms with van der Waals surface area (Å²) in [5.74, 6) is 3.38. The Morgan fingerprint density at radius 2 is 2.00 bits per heavy atom. The summed E-state index contributed by atoms with van der Waals surface area (Å²) in [7, 11) is 0. The van der Waals surface area contributed by atoms with E-state index in [-0.39, 0.29) is 0 Å². The second-order valence-corrected chi connectivity index (χ2v) is 4.95. The maximum Gasteiger partial charge on any atom is -0.0152 e. The third kappa shape index (κ3) is 3.04. The number of allylic oxidation sites excluding steroid dienone is 1. The molecule has 0 N–H and O–H groups in total. The Hall–Kier alpha value is -0.480. The fourth-order valence-corrected chi connectivity index (χ4v) is 2.56. The van der Waals surface area contributed by atoms with Gasteiger partial charge in [0.2, 0.25) is 0 Å². The van der Waals surface area contributed by atoms with E-state index in [4.69, 9.17) is 0 Å². The first-order valence-electron chi connectivity index (χ1n) is 5.49. The van der Waals surface area contributed by atoms with Crippen molar-refractivity contribution in [1.82, 2.24) is 0 Å². The molecule has 3 atom stereocenters. The predicted octanol–water partition coefficient (Wildman–Crippen LogP) is 4.04. The molecule has 0 aromatic carbocycles. The first kappa shape index (κ1) is 10.6. The van der Waals surface area contributed by atoms with Crippen molar-refractivity contribution in [1.29, 1.82) is 0 Å². The van der Waals surface area contributed by atoms with E-state index in [1.54, 1.807) is 0 Å². The normalized spacial score (nSPS) is 34.3. The minimum Gasteiger partial charge on any atom is -0.133 e. The summed E-state index contributed by atoms with van der Waals surface area (Å²) in [6.07, 6.45) is 6.28. The van der Waals surface area contributed by atoms with Crippen LogP contribution in [0, 0.1) is 23.7 Å². The molecule has 1 saturated carbocycles. The van der Waals surface area contributed by atoms with Gasteiger partial charge in [0.1, 0.15) is 0 Å². The molecule has 0 aromatic heterocycles. The zero-order valence-corrected chi connectivity index (χ0v) is 9.22. The van der Waals surface area contributed by atoms with Gasteiger partial charge >= 0.3 is 0 Å². The van der Waals surface area contributed by atoms with Crippen LogP contribution in [-0.4, -0.2) is 0 Å². The fourth-order valence-electron chi connectivity index (χ4n) is 2.56. The van der Waals surface area contributed by atoms with E-state index in [1.807, 2.05) is 0 Å². The lowest BCUT2D eigenvalue weighted by Gasteiger charge is -2.33. The zero-order valence-electron chi connectivity index (χ0n) is 9.22. The molecule has 0 saturated heterocycles. The van der Waals surface area contributed by atoms with Crippen LogP contribution in [0.15, 0.2) is 18.4 Å². The Labute approximate surface area is 82.7 Å². The summed E-state index contributed by atoms with van der Waals surface area (Å²) < 4.78 is 0. The summed E-state index contributed by atoms with van der Waals surface area (Å²) in [5, 5.41) is 0. The second-order valence-electron chi connectivity index (χ2n) is 4.95. The molecule has 0 bridgehead atoms. The molecule has 0 heteroatoms. The van der Waals surface area contributed by atoms with Crippen LogP contribution in [0.25, 0.3) is 0 Å². The number of hydrogen-bond donors (Lipinski definition) is 0. The number of hydrogen-bond acceptors (Lipinski definition) is 0. The van der Waals surface area contributed by atoms with Gasteiger partial charge in [0.05, 0.1) is 0 Å². The van der Waals surface area contributed by atoms with E-state index in [0.717, 1.165) is 23.7 Å². The molecular formula is C13H22. The largest absolute Gasteiger partial charge is 0.133 e. The summed E-state index contributed by atoms with van der Waals surface area (Å²) >= 11 is 0. The van der Waals surface area contributed by atoms with Crippen molar-refractivity contribution >= 4 is 0 Å². The monoisotopic (exact) mass is 178 g/mol. The molecule has 1 aliphatic rings. The average molecular weight is 178 g/mol. The maximum absolute atomic E-state index is 3.67. The smallest absolute Gasteiger partial charge is 0.0152 e. The lowest BCUT2D eigenvalue weighted by molar-refractivity contribution is 0.191. The molecule has 1 aliphatic carbocycles. The van der Waals surface area contributed by atoms with Crippen molar-refractivity contribution in [3.8, 4) is 0 Å². The summed E-state index contributed by atoms with van der Waals surface area (Å²) in [6, 6.07) is 0. The molecule has 74 valence electrons. The van der Waals surface area contributed by atoms with Crippen molar-refractivity contribution in [3.05, 3.63) is 18.4 Å². The minimum absolute atomic E-state index is 0.744. The highest BCUT2D eigenvalue weighted by Crippen LogP contribution is 2.37. The van der Waals surface area contributed by atoms with E-state index in [1.165, 1.54) is 19.3 Å². The van der Waals surface area contributed by atoms with Crippen LogP contribution in [0.2, 0.25) is 0 Å². The van der Waals surface area contributed by atoms with Crippen molar-refractivity contribution in [2.75, 3.05) is 0 Å². The maximum atomic E-state index is 3.67. The van der Waals surface area contributed by atoms with Crippen LogP contribution in [0.1, 0.15) is 40.0 Å². The second kappa shape index (κ2) is 4.67. The van der Waals surface area contributed by atoms with Gasteiger partial charge in [-0.2, -0.15) is 0 Å². The molecule has 0 heterocycles. The number of rotatable bonds is 2. The van der Waals surface area contributed by atoms with E-state index < -0.39 is 0 Å². The van der Waals surface area contributed by atoms with Crippen LogP contribution < -0.4 is 0 Å². The molecular weight excluding hydrogens is 156 g/mol. The van der Waals surface area contributed by atoms with Gasteiger partial charge in [-0.3, -0.25) is 0 Å². The molecule has 1 rings (SSSR count). The highest BCUT2D eigenvalue weighted by molar-refractivity contribution is 4.90. The topological polar surface area (TPSA) is 0 Å². The van der Waals surface area contributed by atoms with Crippen LogP contribution in [-0.2, 0) is 0 Å². The average Bonchev–Trinajstić information content (AvgIpc) is 2.03. The SMILES string of the molecule is C=C=CC1CC(C)CC(C(C)C)C1. The zero-order chi connectivity index (χ0) is 9.84. The molecule has 0 spiro atoms. The van der Waals surface area contributed by atoms with Gasteiger partial charge in [-0.1, -0.05) is 27.4 Å². The van der Waals surface area contributed by atoms with Crippen LogP contribution in [0.3, 0.4) is 0 Å². The van der Waals surface area contributed by atoms with Crippen LogP contribution in [0.5, 0.6) is 0 Å². The van der Waals surface area contributed by atoms with Gasteiger partial charge in [-0.05, 0) is 49.0 Å². The molecule has 13 heavy (non-hydrogen) atoms. The Kier molecular flexibility index (Phi) is 3.81. The fraction of sp³-hybridized carbons (Fsp3) is 0.769. The van der Waals surface area contributed by atoms with Crippen molar-refractivity contribution < 1.29 is 0 Å². The quantitative estimate of drug-likeness (QED) is 0.560. The third-order valence-corrected chi connectivity index (χ3v) is 3.31. The van der Waals surface area contributed by atoms with Gasteiger partial charge in [0.15, 0.2) is 0 Å². The molecule has 3 unspecified atom stereocenters. The highest BCUT2D eigenvalue weighted by Gasteiger charge is 2.26. The minimum atomic E-state index is 0.744. The predicted molar refractivity (Wildman–Crippen MR) is 58.5 cm³/mol. The Morgan fingerprint density at radius 1 is 1.31 bits per heavy atom. The molecule has 1 fully saturated rings. The lowest BCUT2D eigenvalue weighted by atomic mass is 9.72. The Balaban J connectivity index is 2.57. The van der Waals surface area contributed by atoms with Crippen molar-refractivity contribution in [2.45, 2.75) is 40.0 Å². The molecule has 0 aliphatic heterocycles. The Bertz CT molecular complexity index is 196. The van der Waals surface area contributed by atoms with E-state index in [2.05, 4.69) is 39.2 Å². The van der Waals surface area contributed by atoms with Gasteiger partial charge in [-0.15, -0.1) is 5.73 Å². The van der Waals surface area contributed by atoms with Crippen molar-refractivity contribution in [2.24, 2.45) is 23.7 Å². The van der Waals surface area contributed by atoms with Crippen LogP contribution in [0.4, 0.5) is 0 Å². The van der Waals surface area contributed by atoms with Crippen LogP contribution >= 0.6 is 0 Å². The lowest BCUT2D eigenvalue weighted by Crippen LogP contribution is -2.23. The van der Waals surface area contributed by atoms with Gasteiger partial charge in [0, 0.05) is 0 Å². The summed E-state index contributed by atoms with van der Waals surface area (Å²) in [5.41, 5.74) is 2.94. The summed E-state index contributed by atoms with van der Waals surface area (Å²) in [4.78, 5) is 0. The molecule has 0 nitrogen and oxygen atoms in total. The van der Waals surface area contributed by atoms with Gasteiger partial charge in [-0.25, -0.2) is 0 Å². The molecule has 0 aromatic rings. The van der Waals surface area contributed by atoms with E-state index in [0.29, 0.717) is 0 Å². The Morgan fingerprint density at radius 3 is 2.54 bits per heavy atom. The standard InChI is InChI=1S/C13H22/c1-5-6-12-7-11(4)8-13(9-12)10(2)3/h6,10-13H,1,7-9H2,2-4H3. The van der Waals surface area contributed by atoms with Gasteiger partial charge < -0.3 is 0 Å². The summed E-state index contributed by atoms with van der Waals surface area (Å²) in [6.45, 7) is 10.7.